The minimum absolute atomic E-state index is 0.0686. The van der Waals surface area contributed by atoms with Gasteiger partial charge in [0.15, 0.2) is 5.82 Å². The fourth-order valence-electron chi connectivity index (χ4n) is 6.08. The van der Waals surface area contributed by atoms with Gasteiger partial charge in [-0.2, -0.15) is 13.2 Å². The van der Waals surface area contributed by atoms with E-state index in [9.17, 15) is 18.0 Å². The van der Waals surface area contributed by atoms with E-state index in [1.807, 2.05) is 18.2 Å². The summed E-state index contributed by atoms with van der Waals surface area (Å²) in [5.41, 5.74) is -1.43. The fourth-order valence-corrected chi connectivity index (χ4v) is 6.68. The summed E-state index contributed by atoms with van der Waals surface area (Å²) >= 11 is 1.15. The Hall–Kier alpha value is -3.48. The number of rotatable bonds is 5. The molecule has 43 heavy (non-hydrogen) atoms. The Labute approximate surface area is 253 Å². The van der Waals surface area contributed by atoms with E-state index in [-0.39, 0.29) is 43.2 Å². The number of pyridine rings is 2. The molecule has 2 aliphatic heterocycles. The lowest BCUT2D eigenvalue weighted by Crippen LogP contribution is -2.40. The monoisotopic (exact) mass is 615 g/mol. The first-order valence-electron chi connectivity index (χ1n) is 14.7. The molecule has 13 heteroatoms. The predicted octanol–water partition coefficient (Wildman–Crippen LogP) is 6.27. The van der Waals surface area contributed by atoms with Crippen LogP contribution in [0.5, 0.6) is 5.88 Å². The molecule has 6 rings (SSSR count). The second kappa shape index (κ2) is 11.2. The highest BCUT2D eigenvalue weighted by molar-refractivity contribution is 7.97. The molecule has 1 saturated heterocycles. The van der Waals surface area contributed by atoms with Crippen LogP contribution in [-0.2, 0) is 0 Å². The lowest BCUT2D eigenvalue weighted by molar-refractivity contribution is -0.190. The Kier molecular flexibility index (Phi) is 7.72. The summed E-state index contributed by atoms with van der Waals surface area (Å²) in [6.45, 7) is 8.10. The third-order valence-electron chi connectivity index (χ3n) is 9.04. The number of carbonyl (C=O) groups is 1. The third kappa shape index (κ3) is 6.13. The van der Waals surface area contributed by atoms with Crippen LogP contribution in [0.3, 0.4) is 0 Å². The molecule has 1 saturated carbocycles. The van der Waals surface area contributed by atoms with Gasteiger partial charge in [-0.15, -0.1) is 5.10 Å². The van der Waals surface area contributed by atoms with Crippen LogP contribution >= 0.6 is 11.9 Å². The van der Waals surface area contributed by atoms with Crippen LogP contribution in [0.15, 0.2) is 47.6 Å². The molecule has 0 radical (unpaired) electrons. The highest BCUT2D eigenvalue weighted by Crippen LogP contribution is 2.59. The van der Waals surface area contributed by atoms with Crippen molar-refractivity contribution in [2.24, 2.45) is 17.3 Å². The number of aromatic nitrogens is 4. The Morgan fingerprint density at radius 3 is 2.72 bits per heavy atom. The number of alkyl halides is 3. The number of hydrogen-bond donors (Lipinski definition) is 2. The summed E-state index contributed by atoms with van der Waals surface area (Å²) in [5.74, 6) is 2.58. The Balaban J connectivity index is 1.27. The van der Waals surface area contributed by atoms with E-state index in [1.165, 1.54) is 4.68 Å². The molecule has 3 aliphatic rings. The van der Waals surface area contributed by atoms with Crippen molar-refractivity contribution in [2.75, 3.05) is 29.9 Å². The molecule has 3 aromatic heterocycles. The summed E-state index contributed by atoms with van der Waals surface area (Å²) < 4.78 is 49.9. The second-order valence-electron chi connectivity index (χ2n) is 12.5. The van der Waals surface area contributed by atoms with Crippen LogP contribution < -0.4 is 19.7 Å². The van der Waals surface area contributed by atoms with Gasteiger partial charge in [-0.25, -0.2) is 14.6 Å². The standard InChI is InChI=1S/C30H36F3N7O2S/c1-19-9-14-34-22-5-4-6-25(35-22)43-38-27(41)21-7-8-23(36-26(21)39-18-20(19)17-28(39,2)3)40-15-10-24(37-40)42-16-13-29(11-12-29)30(31,32)33/h4-8,10,15,19-20H,9,11-14,16-18H2,1-3H3,(H,34,35)(H,38,41). The van der Waals surface area contributed by atoms with Crippen molar-refractivity contribution in [1.29, 1.82) is 0 Å². The maximum atomic E-state index is 13.6. The predicted molar refractivity (Wildman–Crippen MR) is 159 cm³/mol. The van der Waals surface area contributed by atoms with Crippen LogP contribution in [0.1, 0.15) is 63.2 Å². The van der Waals surface area contributed by atoms with E-state index in [1.54, 1.807) is 24.4 Å². The van der Waals surface area contributed by atoms with Gasteiger partial charge in [-0.3, -0.25) is 9.52 Å². The van der Waals surface area contributed by atoms with Crippen molar-refractivity contribution in [3.63, 3.8) is 0 Å². The maximum Gasteiger partial charge on any atom is 0.394 e. The van der Waals surface area contributed by atoms with E-state index in [0.717, 1.165) is 43.7 Å². The second-order valence-corrected chi connectivity index (χ2v) is 13.3. The average molecular weight is 616 g/mol. The fraction of sp³-hybridized carbons (Fsp3) is 0.533. The Bertz CT molecular complexity index is 1490. The number of fused-ring (bicyclic) bond motifs is 6. The molecule has 1 amide bonds. The van der Waals surface area contributed by atoms with E-state index in [0.29, 0.717) is 34.1 Å². The normalized spacial score (nSPS) is 22.9. The van der Waals surface area contributed by atoms with Gasteiger partial charge in [0.25, 0.3) is 5.91 Å². The topological polar surface area (TPSA) is 97.2 Å². The minimum atomic E-state index is -4.21. The maximum absolute atomic E-state index is 13.6. The molecule has 0 aromatic carbocycles. The van der Waals surface area contributed by atoms with Gasteiger partial charge in [-0.05, 0) is 82.1 Å². The quantitative estimate of drug-likeness (QED) is 0.325. The molecule has 4 bridgehead atoms. The summed E-state index contributed by atoms with van der Waals surface area (Å²) in [5, 5.41) is 8.51. The smallest absolute Gasteiger partial charge is 0.394 e. The highest BCUT2D eigenvalue weighted by atomic mass is 32.2. The lowest BCUT2D eigenvalue weighted by Gasteiger charge is -2.34. The summed E-state index contributed by atoms with van der Waals surface area (Å²) in [4.78, 5) is 25.3. The van der Waals surface area contributed by atoms with Crippen molar-refractivity contribution >= 4 is 29.5 Å². The minimum Gasteiger partial charge on any atom is -0.477 e. The van der Waals surface area contributed by atoms with Crippen LogP contribution in [0.2, 0.25) is 0 Å². The number of hydrogen-bond acceptors (Lipinski definition) is 8. The zero-order chi connectivity index (χ0) is 30.4. The first-order valence-corrected chi connectivity index (χ1v) is 15.5. The van der Waals surface area contributed by atoms with E-state index in [2.05, 4.69) is 45.8 Å². The van der Waals surface area contributed by atoms with Gasteiger partial charge in [0.1, 0.15) is 16.7 Å². The number of amides is 1. The van der Waals surface area contributed by atoms with Crippen molar-refractivity contribution in [3.05, 3.63) is 48.2 Å². The average Bonchev–Trinajstić information content (AvgIpc) is 3.50. The number of carbonyl (C=O) groups excluding carboxylic acids is 1. The molecular formula is C30H36F3N7O2S. The van der Waals surface area contributed by atoms with Gasteiger partial charge in [0.05, 0.1) is 17.6 Å². The third-order valence-corrected chi connectivity index (χ3v) is 9.76. The highest BCUT2D eigenvalue weighted by Gasteiger charge is 2.62. The van der Waals surface area contributed by atoms with E-state index < -0.39 is 11.6 Å². The van der Waals surface area contributed by atoms with Crippen LogP contribution in [-0.4, -0.2) is 57.1 Å². The van der Waals surface area contributed by atoms with Crippen molar-refractivity contribution < 1.29 is 22.7 Å². The molecule has 230 valence electrons. The number of halogens is 3. The molecule has 2 N–H and O–H groups in total. The molecule has 2 fully saturated rings. The van der Waals surface area contributed by atoms with Gasteiger partial charge in [0.2, 0.25) is 5.88 Å². The first kappa shape index (κ1) is 29.6. The van der Waals surface area contributed by atoms with Gasteiger partial charge in [0, 0.05) is 42.8 Å². The zero-order valence-electron chi connectivity index (χ0n) is 24.4. The summed E-state index contributed by atoms with van der Waals surface area (Å²) in [6, 6.07) is 10.7. The van der Waals surface area contributed by atoms with Gasteiger partial charge in [-0.1, -0.05) is 13.0 Å². The molecule has 2 atom stereocenters. The number of ether oxygens (including phenoxy) is 1. The molecule has 1 aliphatic carbocycles. The van der Waals surface area contributed by atoms with Crippen LogP contribution in [0, 0.1) is 17.3 Å². The largest absolute Gasteiger partial charge is 0.477 e. The molecule has 5 heterocycles. The molecule has 2 unspecified atom stereocenters. The zero-order valence-corrected chi connectivity index (χ0v) is 25.3. The van der Waals surface area contributed by atoms with Crippen molar-refractivity contribution in [1.82, 2.24) is 24.5 Å². The van der Waals surface area contributed by atoms with Crippen molar-refractivity contribution in [2.45, 2.75) is 69.6 Å². The first-order chi connectivity index (χ1) is 20.4. The van der Waals surface area contributed by atoms with Gasteiger partial charge < -0.3 is 15.0 Å². The molecule has 0 spiro atoms. The molecule has 3 aromatic rings. The number of nitrogens with one attached hydrogen (secondary N) is 2. The lowest BCUT2D eigenvalue weighted by atomic mass is 9.86. The van der Waals surface area contributed by atoms with E-state index in [4.69, 9.17) is 9.72 Å². The number of nitrogens with zero attached hydrogens (tertiary/aromatic N) is 5. The van der Waals surface area contributed by atoms with Crippen LogP contribution in [0.25, 0.3) is 5.82 Å². The van der Waals surface area contributed by atoms with Crippen molar-refractivity contribution in [3.8, 4) is 11.7 Å². The SMILES string of the molecule is CC1CCNc2cccc(n2)SNC(=O)c2ccc(-n3ccc(OCCC4(C(F)(F)F)CC4)n3)nc2N2CC1CC2(C)C. The Morgan fingerprint density at radius 1 is 1.14 bits per heavy atom. The van der Waals surface area contributed by atoms with E-state index >= 15 is 0 Å². The molecule has 9 nitrogen and oxygen atoms in total. The summed E-state index contributed by atoms with van der Waals surface area (Å²) in [6.07, 6.45) is -0.427. The Morgan fingerprint density at radius 2 is 1.95 bits per heavy atom. The van der Waals surface area contributed by atoms with Gasteiger partial charge >= 0.3 is 6.18 Å². The molecular weight excluding hydrogens is 579 g/mol. The van der Waals surface area contributed by atoms with Crippen LogP contribution in [0.4, 0.5) is 24.8 Å². The number of anilines is 2. The summed E-state index contributed by atoms with van der Waals surface area (Å²) in [7, 11) is 0.